The van der Waals surface area contributed by atoms with Gasteiger partial charge in [-0.1, -0.05) is 5.16 Å². The molecule has 5 nitrogen and oxygen atoms in total. The fourth-order valence-corrected chi connectivity index (χ4v) is 3.53. The second-order valence-corrected chi connectivity index (χ2v) is 5.56. The smallest absolute Gasteiger partial charge is 0.172 e. The lowest BCUT2D eigenvalue weighted by Crippen LogP contribution is -2.45. The minimum Gasteiger partial charge on any atom is -0.409 e. The zero-order valence-electron chi connectivity index (χ0n) is 11.0. The topological polar surface area (TPSA) is 82.1 Å². The highest BCUT2D eigenvalue weighted by atomic mass is 19.1. The van der Waals surface area contributed by atoms with E-state index in [-0.39, 0.29) is 24.0 Å². The van der Waals surface area contributed by atoms with E-state index in [0.29, 0.717) is 18.4 Å². The van der Waals surface area contributed by atoms with Crippen molar-refractivity contribution >= 4 is 11.5 Å². The number of benzene rings is 1. The number of rotatable bonds is 2. The highest BCUT2D eigenvalue weighted by molar-refractivity contribution is 6.02. The van der Waals surface area contributed by atoms with Gasteiger partial charge in [-0.15, -0.1) is 0 Å². The first-order chi connectivity index (χ1) is 9.60. The summed E-state index contributed by atoms with van der Waals surface area (Å²) in [6, 6.07) is 4.81. The lowest BCUT2D eigenvalue weighted by molar-refractivity contribution is 0.126. The summed E-state index contributed by atoms with van der Waals surface area (Å²) in [6.07, 6.45) is 3.17. The van der Waals surface area contributed by atoms with Crippen molar-refractivity contribution in [1.82, 2.24) is 0 Å². The first-order valence-electron chi connectivity index (χ1n) is 6.84. The minimum atomic E-state index is -0.417. The zero-order chi connectivity index (χ0) is 14.3. The molecular weight excluding hydrogens is 261 g/mol. The Bertz CT molecular complexity index is 535. The maximum atomic E-state index is 13.4. The predicted molar refractivity (Wildman–Crippen MR) is 73.4 cm³/mol. The van der Waals surface area contributed by atoms with Crippen LogP contribution >= 0.6 is 0 Å². The number of nitrogens with two attached hydrogens (primary N) is 1. The van der Waals surface area contributed by atoms with Crippen LogP contribution in [-0.4, -0.2) is 34.3 Å². The Kier molecular flexibility index (Phi) is 3.25. The molecule has 0 aromatic heterocycles. The van der Waals surface area contributed by atoms with Crippen LogP contribution in [-0.2, 0) is 0 Å². The first-order valence-corrected chi connectivity index (χ1v) is 6.84. The Morgan fingerprint density at radius 3 is 2.55 bits per heavy atom. The molecule has 1 aromatic rings. The summed E-state index contributed by atoms with van der Waals surface area (Å²) in [5.41, 5.74) is 6.85. The largest absolute Gasteiger partial charge is 0.409 e. The van der Waals surface area contributed by atoms with Gasteiger partial charge in [0.1, 0.15) is 5.82 Å². The molecule has 2 saturated heterocycles. The molecule has 2 unspecified atom stereocenters. The molecule has 0 saturated carbocycles. The van der Waals surface area contributed by atoms with E-state index in [1.807, 2.05) is 0 Å². The third-order valence-corrected chi connectivity index (χ3v) is 4.33. The maximum absolute atomic E-state index is 13.4. The van der Waals surface area contributed by atoms with Crippen molar-refractivity contribution in [2.45, 2.75) is 43.9 Å². The zero-order valence-corrected chi connectivity index (χ0v) is 11.0. The Morgan fingerprint density at radius 1 is 1.30 bits per heavy atom. The second-order valence-electron chi connectivity index (χ2n) is 5.56. The van der Waals surface area contributed by atoms with Crippen molar-refractivity contribution < 1.29 is 14.7 Å². The van der Waals surface area contributed by atoms with Gasteiger partial charge in [-0.05, 0) is 43.9 Å². The van der Waals surface area contributed by atoms with Gasteiger partial charge in [0.15, 0.2) is 5.84 Å². The van der Waals surface area contributed by atoms with Crippen LogP contribution in [0.4, 0.5) is 10.1 Å². The standard InChI is InChI=1S/C14H18FN3O2/c15-8-1-4-13(12(5-8)14(16)17-20)18-9-2-3-10(18)7-11(19)6-9/h1,4-5,9-11,19-20H,2-3,6-7H2,(H2,16,17). The minimum absolute atomic E-state index is 0.0926. The van der Waals surface area contributed by atoms with Gasteiger partial charge in [-0.3, -0.25) is 0 Å². The normalized spacial score (nSPS) is 29.8. The highest BCUT2D eigenvalue weighted by Gasteiger charge is 2.41. The van der Waals surface area contributed by atoms with Crippen LogP contribution in [0.2, 0.25) is 0 Å². The van der Waals surface area contributed by atoms with Crippen molar-refractivity contribution in [2.24, 2.45) is 10.9 Å². The maximum Gasteiger partial charge on any atom is 0.172 e. The van der Waals surface area contributed by atoms with Gasteiger partial charge in [-0.25, -0.2) is 4.39 Å². The average Bonchev–Trinajstić information content (AvgIpc) is 2.70. The predicted octanol–water partition coefficient (Wildman–Crippen LogP) is 1.41. The number of aliphatic hydroxyl groups excluding tert-OH is 1. The molecule has 6 heteroatoms. The van der Waals surface area contributed by atoms with E-state index < -0.39 is 5.82 Å². The van der Waals surface area contributed by atoms with Crippen molar-refractivity contribution in [2.75, 3.05) is 4.90 Å². The van der Waals surface area contributed by atoms with E-state index in [2.05, 4.69) is 10.1 Å². The molecule has 4 N–H and O–H groups in total. The van der Waals surface area contributed by atoms with Gasteiger partial charge in [0.25, 0.3) is 0 Å². The molecule has 0 spiro atoms. The molecule has 20 heavy (non-hydrogen) atoms. The van der Waals surface area contributed by atoms with Crippen molar-refractivity contribution in [1.29, 1.82) is 0 Å². The molecule has 108 valence electrons. The molecule has 2 aliphatic heterocycles. The third kappa shape index (κ3) is 2.10. The number of hydrogen-bond acceptors (Lipinski definition) is 4. The molecule has 2 fully saturated rings. The van der Waals surface area contributed by atoms with Gasteiger partial charge >= 0.3 is 0 Å². The number of fused-ring (bicyclic) bond motifs is 2. The number of nitrogens with zero attached hydrogens (tertiary/aromatic N) is 2. The van der Waals surface area contributed by atoms with Crippen LogP contribution in [0.15, 0.2) is 23.4 Å². The Morgan fingerprint density at radius 2 is 1.95 bits per heavy atom. The van der Waals surface area contributed by atoms with E-state index in [1.54, 1.807) is 6.07 Å². The molecule has 2 heterocycles. The Balaban J connectivity index is 2.03. The van der Waals surface area contributed by atoms with E-state index >= 15 is 0 Å². The van der Waals surface area contributed by atoms with Crippen LogP contribution in [0.5, 0.6) is 0 Å². The van der Waals surface area contributed by atoms with Gasteiger partial charge in [0.2, 0.25) is 0 Å². The summed E-state index contributed by atoms with van der Waals surface area (Å²) in [5.74, 6) is -0.509. The molecule has 0 amide bonds. The van der Waals surface area contributed by atoms with Crippen LogP contribution in [0, 0.1) is 5.82 Å². The monoisotopic (exact) mass is 279 g/mol. The number of anilines is 1. The molecule has 2 aliphatic rings. The second kappa shape index (κ2) is 4.94. The summed E-state index contributed by atoms with van der Waals surface area (Å²) < 4.78 is 13.4. The Labute approximate surface area is 116 Å². The van der Waals surface area contributed by atoms with Gasteiger partial charge in [0, 0.05) is 23.3 Å². The van der Waals surface area contributed by atoms with Crippen molar-refractivity contribution in [3.63, 3.8) is 0 Å². The van der Waals surface area contributed by atoms with E-state index in [1.165, 1.54) is 12.1 Å². The number of hydrogen-bond donors (Lipinski definition) is 3. The number of oxime groups is 1. The van der Waals surface area contributed by atoms with Crippen LogP contribution in [0.1, 0.15) is 31.2 Å². The fraction of sp³-hybridized carbons (Fsp3) is 0.500. The van der Waals surface area contributed by atoms with Crippen LogP contribution < -0.4 is 10.6 Å². The summed E-state index contributed by atoms with van der Waals surface area (Å²) in [6.45, 7) is 0. The molecule has 2 atom stereocenters. The highest BCUT2D eigenvalue weighted by Crippen LogP contribution is 2.40. The van der Waals surface area contributed by atoms with E-state index in [0.717, 1.165) is 18.5 Å². The molecule has 0 aliphatic carbocycles. The number of halogens is 1. The Hall–Kier alpha value is -1.82. The number of aliphatic hydroxyl groups is 1. The van der Waals surface area contributed by atoms with Gasteiger partial charge in [0.05, 0.1) is 6.10 Å². The third-order valence-electron chi connectivity index (χ3n) is 4.33. The fourth-order valence-electron chi connectivity index (χ4n) is 3.53. The quantitative estimate of drug-likeness (QED) is 0.331. The number of piperidine rings is 1. The van der Waals surface area contributed by atoms with Crippen LogP contribution in [0.25, 0.3) is 0 Å². The van der Waals surface area contributed by atoms with Crippen LogP contribution in [0.3, 0.4) is 0 Å². The molecule has 0 radical (unpaired) electrons. The summed E-state index contributed by atoms with van der Waals surface area (Å²) >= 11 is 0. The van der Waals surface area contributed by atoms with E-state index in [9.17, 15) is 9.50 Å². The average molecular weight is 279 g/mol. The molecular formula is C14H18FN3O2. The molecule has 2 bridgehead atoms. The summed E-state index contributed by atoms with van der Waals surface area (Å²) in [7, 11) is 0. The van der Waals surface area contributed by atoms with E-state index in [4.69, 9.17) is 10.9 Å². The van der Waals surface area contributed by atoms with Crippen molar-refractivity contribution in [3.8, 4) is 0 Å². The lowest BCUT2D eigenvalue weighted by atomic mass is 9.97. The summed E-state index contributed by atoms with van der Waals surface area (Å²) in [4.78, 5) is 2.19. The SMILES string of the molecule is NC(=NO)c1cc(F)ccc1N1C2CCC1CC(O)C2. The van der Waals surface area contributed by atoms with Gasteiger partial charge < -0.3 is 20.9 Å². The first kappa shape index (κ1) is 13.2. The summed E-state index contributed by atoms with van der Waals surface area (Å²) in [5, 5.41) is 21.7. The lowest BCUT2D eigenvalue weighted by Gasteiger charge is -2.39. The van der Waals surface area contributed by atoms with Crippen molar-refractivity contribution in [3.05, 3.63) is 29.6 Å². The molecule has 1 aromatic carbocycles. The van der Waals surface area contributed by atoms with Gasteiger partial charge in [-0.2, -0.15) is 0 Å². The number of amidine groups is 1. The molecule has 3 rings (SSSR count).